The maximum absolute atomic E-state index is 13.9. The molecule has 1 aromatic rings. The highest BCUT2D eigenvalue weighted by atomic mass is 35.5. The number of ether oxygens (including phenoxy) is 1. The Balaban J connectivity index is 1.28. The number of esters is 1. The molecule has 52 heavy (non-hydrogen) atoms. The van der Waals surface area contributed by atoms with E-state index in [9.17, 15) is 24.3 Å². The van der Waals surface area contributed by atoms with Crippen LogP contribution in [0.2, 0.25) is 5.02 Å². The number of pyridine rings is 1. The Bertz CT molecular complexity index is 1710. The lowest BCUT2D eigenvalue weighted by Crippen LogP contribution is -2.65. The van der Waals surface area contributed by atoms with Gasteiger partial charge in [0.25, 0.3) is 0 Å². The first-order valence-corrected chi connectivity index (χ1v) is 19.8. The maximum Gasteiger partial charge on any atom is 0.309 e. The summed E-state index contributed by atoms with van der Waals surface area (Å²) in [6.07, 6.45) is 12.9. The number of carboxylic acid groups (broad SMARTS) is 1. The summed E-state index contributed by atoms with van der Waals surface area (Å²) in [4.78, 5) is 56.1. The van der Waals surface area contributed by atoms with Crippen LogP contribution in [0.15, 0.2) is 41.6 Å². The summed E-state index contributed by atoms with van der Waals surface area (Å²) in [6, 6.07) is 3.37. The number of hydrogen-bond donors (Lipinski definition) is 2. The highest BCUT2D eigenvalue weighted by Crippen LogP contribution is 2.77. The lowest BCUT2D eigenvalue weighted by molar-refractivity contribution is -0.232. The predicted molar refractivity (Wildman–Crippen MR) is 202 cm³/mol. The van der Waals surface area contributed by atoms with Crippen LogP contribution in [0.3, 0.4) is 0 Å². The zero-order valence-corrected chi connectivity index (χ0v) is 33.4. The quantitative estimate of drug-likeness (QED) is 0.201. The molecule has 8 nitrogen and oxygen atoms in total. The lowest BCUT2D eigenvalue weighted by atomic mass is 9.33. The van der Waals surface area contributed by atoms with Gasteiger partial charge in [-0.15, -0.1) is 0 Å². The van der Waals surface area contributed by atoms with Crippen molar-refractivity contribution in [3.63, 3.8) is 0 Å². The first-order chi connectivity index (χ1) is 24.1. The van der Waals surface area contributed by atoms with E-state index in [1.165, 1.54) is 11.8 Å². The highest BCUT2D eigenvalue weighted by Gasteiger charge is 2.70. The van der Waals surface area contributed by atoms with Gasteiger partial charge in [-0.2, -0.15) is 0 Å². The Morgan fingerprint density at radius 2 is 1.71 bits per heavy atom. The maximum atomic E-state index is 13.9. The lowest BCUT2D eigenvalue weighted by Gasteiger charge is -2.72. The van der Waals surface area contributed by atoms with E-state index in [1.807, 2.05) is 6.08 Å². The van der Waals surface area contributed by atoms with Crippen LogP contribution >= 0.6 is 11.6 Å². The number of allylic oxidation sites excluding steroid dienone is 3. The fourth-order valence-corrected chi connectivity index (χ4v) is 12.6. The van der Waals surface area contributed by atoms with Crippen LogP contribution in [0.4, 0.5) is 5.82 Å². The van der Waals surface area contributed by atoms with Gasteiger partial charge in [-0.3, -0.25) is 19.2 Å². The minimum absolute atomic E-state index is 0.0211. The molecule has 0 bridgehead atoms. The Morgan fingerprint density at radius 3 is 2.35 bits per heavy atom. The molecule has 1 aromatic heterocycles. The van der Waals surface area contributed by atoms with E-state index >= 15 is 0 Å². The molecule has 4 fully saturated rings. The van der Waals surface area contributed by atoms with Crippen LogP contribution in [0.1, 0.15) is 127 Å². The van der Waals surface area contributed by atoms with E-state index in [4.69, 9.17) is 16.3 Å². The van der Waals surface area contributed by atoms with E-state index in [1.54, 1.807) is 32.1 Å². The summed E-state index contributed by atoms with van der Waals surface area (Å²) in [7, 11) is 0. The van der Waals surface area contributed by atoms with E-state index in [-0.39, 0.29) is 57.7 Å². The van der Waals surface area contributed by atoms with Crippen molar-refractivity contribution in [1.29, 1.82) is 0 Å². The molecule has 0 aromatic carbocycles. The average Bonchev–Trinajstić information content (AvgIpc) is 3.35. The van der Waals surface area contributed by atoms with Gasteiger partial charge in [0.05, 0.1) is 16.9 Å². The summed E-state index contributed by atoms with van der Waals surface area (Å²) in [5, 5.41) is 13.0. The average molecular weight is 735 g/mol. The number of halogens is 1. The van der Waals surface area contributed by atoms with Crippen molar-refractivity contribution in [1.82, 2.24) is 4.98 Å². The third kappa shape index (κ3) is 6.07. The SMILES string of the molecule is CC(C)C1=C2[C@H]3CC[C@@H]4[C@@]5(C)CC[C@H](OC(=O)CC(C)(C)C(=O)O)C(C)(C)[C@@H]5CC[C@@]4(C)[C@]3(C)CC[C@@]2(/C=C/C(=O)Nc2ccc(Cl)cn2)CC1=O. The first-order valence-electron chi connectivity index (χ1n) is 19.4. The van der Waals surface area contributed by atoms with E-state index in [0.717, 1.165) is 56.9 Å². The van der Waals surface area contributed by atoms with Crippen molar-refractivity contribution in [3.8, 4) is 0 Å². The number of nitrogens with zero attached hydrogens (tertiary/aromatic N) is 1. The molecule has 8 atom stereocenters. The van der Waals surface area contributed by atoms with Crippen LogP contribution < -0.4 is 5.32 Å². The number of aliphatic carboxylic acids is 1. The molecule has 0 unspecified atom stereocenters. The van der Waals surface area contributed by atoms with Crippen LogP contribution in [0.25, 0.3) is 0 Å². The summed E-state index contributed by atoms with van der Waals surface area (Å²) in [5.74, 6) is 0.149. The van der Waals surface area contributed by atoms with Crippen molar-refractivity contribution in [2.45, 2.75) is 133 Å². The van der Waals surface area contributed by atoms with Crippen LogP contribution in [-0.2, 0) is 23.9 Å². The molecule has 6 rings (SSSR count). The second kappa shape index (κ2) is 13.1. The van der Waals surface area contributed by atoms with Crippen LogP contribution in [0.5, 0.6) is 0 Å². The van der Waals surface area contributed by atoms with Gasteiger partial charge in [-0.25, -0.2) is 4.98 Å². The smallest absolute Gasteiger partial charge is 0.309 e. The Morgan fingerprint density at radius 1 is 1.00 bits per heavy atom. The number of rotatable bonds is 8. The number of ketones is 1. The number of aromatic nitrogens is 1. The van der Waals surface area contributed by atoms with Gasteiger partial charge in [0.2, 0.25) is 5.91 Å². The van der Waals surface area contributed by atoms with Crippen LogP contribution in [-0.4, -0.2) is 39.8 Å². The number of fused-ring (bicyclic) bond motifs is 7. The van der Waals surface area contributed by atoms with E-state index in [2.05, 4.69) is 58.8 Å². The van der Waals surface area contributed by atoms with Crippen molar-refractivity contribution in [2.24, 2.45) is 56.2 Å². The van der Waals surface area contributed by atoms with Crippen molar-refractivity contribution < 1.29 is 29.0 Å². The molecule has 5 aliphatic rings. The molecule has 0 aliphatic heterocycles. The predicted octanol–water partition coefficient (Wildman–Crippen LogP) is 9.62. The second-order valence-electron chi connectivity index (χ2n) is 19.2. The van der Waals surface area contributed by atoms with Crippen LogP contribution in [0, 0.1) is 56.2 Å². The molecule has 0 radical (unpaired) electrons. The molecule has 1 heterocycles. The van der Waals surface area contributed by atoms with Crippen molar-refractivity contribution in [2.75, 3.05) is 5.32 Å². The zero-order chi connectivity index (χ0) is 38.2. The normalized spacial score (nSPS) is 36.9. The summed E-state index contributed by atoms with van der Waals surface area (Å²) in [5.41, 5.74) is 0.460. The molecule has 2 N–H and O–H groups in total. The van der Waals surface area contributed by atoms with Crippen molar-refractivity contribution >= 4 is 41.0 Å². The monoisotopic (exact) mass is 734 g/mol. The third-order valence-corrected chi connectivity index (χ3v) is 15.6. The molecular formula is C43H59ClN2O6. The van der Waals surface area contributed by atoms with Gasteiger partial charge in [-0.05, 0) is 128 Å². The minimum atomic E-state index is -1.17. The van der Waals surface area contributed by atoms with E-state index in [0.29, 0.717) is 29.1 Å². The fourth-order valence-electron chi connectivity index (χ4n) is 12.5. The zero-order valence-electron chi connectivity index (χ0n) is 32.7. The van der Waals surface area contributed by atoms with E-state index < -0.39 is 22.8 Å². The molecule has 9 heteroatoms. The number of amides is 1. The first kappa shape index (κ1) is 38.7. The van der Waals surface area contributed by atoms with Crippen molar-refractivity contribution in [3.05, 3.63) is 46.7 Å². The summed E-state index contributed by atoms with van der Waals surface area (Å²) in [6.45, 7) is 19.5. The number of anilines is 1. The molecule has 0 spiro atoms. The minimum Gasteiger partial charge on any atom is -0.481 e. The topological polar surface area (TPSA) is 123 Å². The second-order valence-corrected chi connectivity index (χ2v) is 19.7. The summed E-state index contributed by atoms with van der Waals surface area (Å²) < 4.78 is 6.15. The Labute approximate surface area is 315 Å². The van der Waals surface area contributed by atoms with Gasteiger partial charge in [0.15, 0.2) is 5.78 Å². The molecule has 1 amide bonds. The molecule has 284 valence electrons. The Kier molecular flexibility index (Phi) is 9.75. The molecule has 0 saturated heterocycles. The summed E-state index contributed by atoms with van der Waals surface area (Å²) >= 11 is 5.99. The number of nitrogens with one attached hydrogen (secondary N) is 1. The third-order valence-electron chi connectivity index (χ3n) is 15.4. The Hall–Kier alpha value is -3.00. The van der Waals surface area contributed by atoms with Gasteiger partial charge in [-0.1, -0.05) is 66.1 Å². The molecule has 5 aliphatic carbocycles. The van der Waals surface area contributed by atoms with Gasteiger partial charge >= 0.3 is 11.9 Å². The fraction of sp³-hybridized carbons (Fsp3) is 0.698. The number of hydrogen-bond acceptors (Lipinski definition) is 6. The highest BCUT2D eigenvalue weighted by molar-refractivity contribution is 6.30. The number of carbonyl (C=O) groups is 4. The van der Waals surface area contributed by atoms with Gasteiger partial charge in [0.1, 0.15) is 11.9 Å². The molecule has 4 saturated carbocycles. The largest absolute Gasteiger partial charge is 0.481 e. The standard InChI is InChI=1S/C43H59ClN2O6/c1-25(2)35-28(47)22-43(19-16-33(48)46-32-13-10-26(44)24-45-32)21-20-41(8)27(36(35)43)11-12-30-40(7)17-15-31(52-34(49)23-38(3,4)37(50)51)39(5,6)29(40)14-18-42(30,41)9/h10,13,16,19,24-25,27,29-31H,11-12,14-15,17-18,20-23H2,1-9H3,(H,50,51)(H,45,46,48)/b19-16+/t27-,29+,30-,31+,40+,41-,42-,43+/m1/s1. The number of carbonyl (C=O) groups excluding carboxylic acids is 3. The number of Topliss-reactive ketones (excluding diaryl/α,β-unsaturated/α-hetero) is 1. The van der Waals surface area contributed by atoms with Gasteiger partial charge in [0, 0.05) is 29.5 Å². The number of carboxylic acids is 1. The molecular weight excluding hydrogens is 676 g/mol. The van der Waals surface area contributed by atoms with Gasteiger partial charge < -0.3 is 15.2 Å².